The van der Waals surface area contributed by atoms with Gasteiger partial charge in [0.25, 0.3) is 5.91 Å². The lowest BCUT2D eigenvalue weighted by Crippen LogP contribution is -2.13. The normalized spacial score (nSPS) is 10.4. The topological polar surface area (TPSA) is 54.0 Å². The van der Waals surface area contributed by atoms with Crippen molar-refractivity contribution in [1.29, 1.82) is 0 Å². The Kier molecular flexibility index (Phi) is 4.75. The van der Waals surface area contributed by atoms with E-state index < -0.39 is 0 Å². The molecular formula is C20H18FN3O. The Bertz CT molecular complexity index is 907. The smallest absolute Gasteiger partial charge is 0.274 e. The van der Waals surface area contributed by atoms with Crippen LogP contribution in [0.3, 0.4) is 0 Å². The van der Waals surface area contributed by atoms with E-state index in [4.69, 9.17) is 0 Å². The molecular weight excluding hydrogens is 317 g/mol. The second kappa shape index (κ2) is 7.13. The van der Waals surface area contributed by atoms with E-state index in [0.717, 1.165) is 11.4 Å². The van der Waals surface area contributed by atoms with Gasteiger partial charge in [0.15, 0.2) is 0 Å². The monoisotopic (exact) mass is 335 g/mol. The van der Waals surface area contributed by atoms with Gasteiger partial charge in [-0.3, -0.25) is 9.78 Å². The molecule has 3 rings (SSSR count). The predicted octanol–water partition coefficient (Wildman–Crippen LogP) is 4.83. The third kappa shape index (κ3) is 4.20. The van der Waals surface area contributed by atoms with Gasteiger partial charge in [-0.25, -0.2) is 4.39 Å². The highest BCUT2D eigenvalue weighted by atomic mass is 19.1. The lowest BCUT2D eigenvalue weighted by Gasteiger charge is -2.10. The maximum atomic E-state index is 12.9. The molecule has 0 aliphatic heterocycles. The van der Waals surface area contributed by atoms with E-state index in [0.29, 0.717) is 5.69 Å². The lowest BCUT2D eigenvalue weighted by atomic mass is 10.1. The molecule has 0 saturated heterocycles. The largest absolute Gasteiger partial charge is 0.355 e. The van der Waals surface area contributed by atoms with E-state index in [1.165, 1.54) is 35.4 Å². The van der Waals surface area contributed by atoms with Crippen molar-refractivity contribution in [1.82, 2.24) is 4.98 Å². The van der Waals surface area contributed by atoms with Crippen molar-refractivity contribution in [2.45, 2.75) is 13.8 Å². The lowest BCUT2D eigenvalue weighted by molar-refractivity contribution is 0.102. The number of aryl methyl sites for hydroxylation is 2. The number of anilines is 3. The standard InChI is InChI=1S/C20H18FN3O/c1-13-3-6-17(11-14(13)2)23-18-9-10-22-19(12-18)20(25)24-16-7-4-15(21)5-8-16/h3-12H,1-2H3,(H,22,23)(H,24,25). The SMILES string of the molecule is Cc1ccc(Nc2ccnc(C(=O)Nc3ccc(F)cc3)c2)cc1C. The van der Waals surface area contributed by atoms with E-state index in [9.17, 15) is 9.18 Å². The number of rotatable bonds is 4. The summed E-state index contributed by atoms with van der Waals surface area (Å²) in [5, 5.41) is 5.97. The maximum absolute atomic E-state index is 12.9. The molecule has 126 valence electrons. The molecule has 0 aliphatic rings. The quantitative estimate of drug-likeness (QED) is 0.718. The molecule has 0 spiro atoms. The molecule has 1 amide bonds. The van der Waals surface area contributed by atoms with Crippen LogP contribution in [0.5, 0.6) is 0 Å². The highest BCUT2D eigenvalue weighted by Crippen LogP contribution is 2.20. The Balaban J connectivity index is 1.75. The number of benzene rings is 2. The van der Waals surface area contributed by atoms with E-state index in [2.05, 4.69) is 29.5 Å². The zero-order valence-electron chi connectivity index (χ0n) is 14.0. The molecule has 0 bridgehead atoms. The molecule has 1 heterocycles. The Morgan fingerprint density at radius 1 is 0.880 bits per heavy atom. The number of amides is 1. The van der Waals surface area contributed by atoms with Crippen LogP contribution in [-0.4, -0.2) is 10.9 Å². The number of aromatic nitrogens is 1. The Morgan fingerprint density at radius 3 is 2.28 bits per heavy atom. The molecule has 25 heavy (non-hydrogen) atoms. The number of pyridine rings is 1. The molecule has 3 aromatic rings. The summed E-state index contributed by atoms with van der Waals surface area (Å²) in [6.07, 6.45) is 1.57. The van der Waals surface area contributed by atoms with Crippen LogP contribution in [0, 0.1) is 19.7 Å². The molecule has 4 nitrogen and oxygen atoms in total. The molecule has 0 saturated carbocycles. The summed E-state index contributed by atoms with van der Waals surface area (Å²) in [4.78, 5) is 16.4. The van der Waals surface area contributed by atoms with Crippen molar-refractivity contribution < 1.29 is 9.18 Å². The third-order valence-electron chi connectivity index (χ3n) is 3.89. The zero-order chi connectivity index (χ0) is 17.8. The fraction of sp³-hybridized carbons (Fsp3) is 0.100. The summed E-state index contributed by atoms with van der Waals surface area (Å²) in [5.41, 5.74) is 4.91. The van der Waals surface area contributed by atoms with Crippen LogP contribution >= 0.6 is 0 Å². The Morgan fingerprint density at radius 2 is 1.56 bits per heavy atom. The molecule has 2 N–H and O–H groups in total. The van der Waals surface area contributed by atoms with Gasteiger partial charge in [-0.05, 0) is 73.5 Å². The van der Waals surface area contributed by atoms with Crippen LogP contribution in [0.4, 0.5) is 21.5 Å². The first-order valence-electron chi connectivity index (χ1n) is 7.88. The number of nitrogens with zero attached hydrogens (tertiary/aromatic N) is 1. The summed E-state index contributed by atoms with van der Waals surface area (Å²) < 4.78 is 12.9. The predicted molar refractivity (Wildman–Crippen MR) is 97.8 cm³/mol. The second-order valence-corrected chi connectivity index (χ2v) is 5.81. The Hall–Kier alpha value is -3.21. The number of carbonyl (C=O) groups is 1. The van der Waals surface area contributed by atoms with Crippen molar-refractivity contribution in [2.75, 3.05) is 10.6 Å². The fourth-order valence-electron chi connectivity index (χ4n) is 2.35. The minimum Gasteiger partial charge on any atom is -0.355 e. The van der Waals surface area contributed by atoms with Gasteiger partial charge in [-0.1, -0.05) is 6.07 Å². The number of hydrogen-bond acceptors (Lipinski definition) is 3. The van der Waals surface area contributed by atoms with Crippen LogP contribution in [0.25, 0.3) is 0 Å². The first kappa shape index (κ1) is 16.6. The number of nitrogens with one attached hydrogen (secondary N) is 2. The van der Waals surface area contributed by atoms with Gasteiger partial charge in [0, 0.05) is 23.3 Å². The van der Waals surface area contributed by atoms with Crippen molar-refractivity contribution in [3.8, 4) is 0 Å². The van der Waals surface area contributed by atoms with Crippen molar-refractivity contribution >= 4 is 23.0 Å². The number of hydrogen-bond donors (Lipinski definition) is 2. The van der Waals surface area contributed by atoms with Crippen molar-refractivity contribution in [2.24, 2.45) is 0 Å². The van der Waals surface area contributed by atoms with Gasteiger partial charge in [0.1, 0.15) is 11.5 Å². The molecule has 1 aromatic heterocycles. The molecule has 0 aliphatic carbocycles. The van der Waals surface area contributed by atoms with Gasteiger partial charge < -0.3 is 10.6 Å². The molecule has 0 radical (unpaired) electrons. The van der Waals surface area contributed by atoms with Crippen molar-refractivity contribution in [3.05, 3.63) is 83.4 Å². The van der Waals surface area contributed by atoms with Crippen LogP contribution < -0.4 is 10.6 Å². The number of halogens is 1. The van der Waals surface area contributed by atoms with E-state index in [1.807, 2.05) is 18.2 Å². The van der Waals surface area contributed by atoms with Crippen LogP contribution in [0.1, 0.15) is 21.6 Å². The third-order valence-corrected chi connectivity index (χ3v) is 3.89. The van der Waals surface area contributed by atoms with Gasteiger partial charge in [0.2, 0.25) is 0 Å². The minimum absolute atomic E-state index is 0.276. The number of carbonyl (C=O) groups excluding carboxylic acids is 1. The summed E-state index contributed by atoms with van der Waals surface area (Å²) in [5.74, 6) is -0.703. The highest BCUT2D eigenvalue weighted by Gasteiger charge is 2.09. The van der Waals surface area contributed by atoms with E-state index in [-0.39, 0.29) is 17.4 Å². The summed E-state index contributed by atoms with van der Waals surface area (Å²) in [6.45, 7) is 4.11. The van der Waals surface area contributed by atoms with Gasteiger partial charge in [0.05, 0.1) is 0 Å². The molecule has 0 unspecified atom stereocenters. The average molecular weight is 335 g/mol. The molecule has 0 atom stereocenters. The van der Waals surface area contributed by atoms with Gasteiger partial charge >= 0.3 is 0 Å². The average Bonchev–Trinajstić information content (AvgIpc) is 2.60. The van der Waals surface area contributed by atoms with Crippen LogP contribution in [0.2, 0.25) is 0 Å². The molecule has 2 aromatic carbocycles. The van der Waals surface area contributed by atoms with E-state index in [1.54, 1.807) is 18.3 Å². The van der Waals surface area contributed by atoms with Gasteiger partial charge in [-0.15, -0.1) is 0 Å². The first-order chi connectivity index (χ1) is 12.0. The van der Waals surface area contributed by atoms with Crippen LogP contribution in [-0.2, 0) is 0 Å². The zero-order valence-corrected chi connectivity index (χ0v) is 14.0. The highest BCUT2D eigenvalue weighted by molar-refractivity contribution is 6.03. The molecule has 5 heteroatoms. The fourth-order valence-corrected chi connectivity index (χ4v) is 2.35. The van der Waals surface area contributed by atoms with E-state index >= 15 is 0 Å². The van der Waals surface area contributed by atoms with Crippen LogP contribution in [0.15, 0.2) is 60.8 Å². The maximum Gasteiger partial charge on any atom is 0.274 e. The second-order valence-electron chi connectivity index (χ2n) is 5.81. The summed E-state index contributed by atoms with van der Waals surface area (Å²) >= 11 is 0. The first-order valence-corrected chi connectivity index (χ1v) is 7.88. The minimum atomic E-state index is -0.352. The van der Waals surface area contributed by atoms with Gasteiger partial charge in [-0.2, -0.15) is 0 Å². The molecule has 0 fully saturated rings. The van der Waals surface area contributed by atoms with Crippen molar-refractivity contribution in [3.63, 3.8) is 0 Å². The summed E-state index contributed by atoms with van der Waals surface area (Å²) in [6, 6.07) is 15.1. The Labute approximate surface area is 145 Å². The summed E-state index contributed by atoms with van der Waals surface area (Å²) in [7, 11) is 0.